The summed E-state index contributed by atoms with van der Waals surface area (Å²) >= 11 is 6.04. The fourth-order valence-electron chi connectivity index (χ4n) is 3.70. The van der Waals surface area contributed by atoms with Crippen molar-refractivity contribution in [1.82, 2.24) is 9.78 Å². The number of aryl methyl sites for hydroxylation is 1. The average Bonchev–Trinajstić information content (AvgIpc) is 2.77. The zero-order valence-corrected chi connectivity index (χ0v) is 17.8. The molecule has 2 aromatic carbocycles. The molecule has 6 nitrogen and oxygen atoms in total. The minimum absolute atomic E-state index is 0.0253. The van der Waals surface area contributed by atoms with Gasteiger partial charge < -0.3 is 10.2 Å². The van der Waals surface area contributed by atoms with Crippen molar-refractivity contribution in [2.24, 2.45) is 5.92 Å². The van der Waals surface area contributed by atoms with Crippen LogP contribution in [-0.2, 0) is 4.79 Å². The maximum atomic E-state index is 13.6. The highest BCUT2D eigenvalue weighted by Gasteiger charge is 2.26. The molecule has 3 aromatic rings. The monoisotopic (exact) mass is 440 g/mol. The molecule has 1 amide bonds. The Bertz CT molecular complexity index is 1170. The molecular formula is C23H22ClFN4O2. The van der Waals surface area contributed by atoms with E-state index < -0.39 is 5.82 Å². The van der Waals surface area contributed by atoms with Gasteiger partial charge in [-0.05, 0) is 61.7 Å². The van der Waals surface area contributed by atoms with Gasteiger partial charge in [-0.2, -0.15) is 4.68 Å². The largest absolute Gasteiger partial charge is 0.355 e. The molecule has 0 saturated carbocycles. The van der Waals surface area contributed by atoms with Crippen LogP contribution in [-0.4, -0.2) is 28.8 Å². The zero-order chi connectivity index (χ0) is 22.0. The second-order valence-corrected chi connectivity index (χ2v) is 8.07. The van der Waals surface area contributed by atoms with Crippen LogP contribution < -0.4 is 15.8 Å². The molecule has 4 rings (SSSR count). The van der Waals surface area contributed by atoms with E-state index in [0.717, 1.165) is 11.3 Å². The van der Waals surface area contributed by atoms with Crippen LogP contribution >= 0.6 is 11.6 Å². The normalized spacial score (nSPS) is 14.5. The molecule has 1 saturated heterocycles. The summed E-state index contributed by atoms with van der Waals surface area (Å²) in [6, 6.07) is 14.3. The molecule has 1 aliphatic heterocycles. The van der Waals surface area contributed by atoms with Gasteiger partial charge in [0.1, 0.15) is 11.6 Å². The number of amides is 1. The van der Waals surface area contributed by atoms with Crippen LogP contribution in [0.5, 0.6) is 0 Å². The van der Waals surface area contributed by atoms with Crippen molar-refractivity contribution in [1.29, 1.82) is 0 Å². The van der Waals surface area contributed by atoms with Gasteiger partial charge in [0.2, 0.25) is 5.91 Å². The van der Waals surface area contributed by atoms with E-state index in [1.54, 1.807) is 24.3 Å². The van der Waals surface area contributed by atoms with Crippen LogP contribution in [0, 0.1) is 18.7 Å². The summed E-state index contributed by atoms with van der Waals surface area (Å²) in [6.07, 6.45) is 1.32. The zero-order valence-electron chi connectivity index (χ0n) is 17.0. The van der Waals surface area contributed by atoms with Gasteiger partial charge in [0.15, 0.2) is 0 Å². The topological polar surface area (TPSA) is 67.2 Å². The Labute approximate surface area is 184 Å². The minimum atomic E-state index is -0.432. The van der Waals surface area contributed by atoms with Crippen LogP contribution in [0.15, 0.2) is 59.4 Å². The van der Waals surface area contributed by atoms with E-state index in [1.165, 1.54) is 28.9 Å². The van der Waals surface area contributed by atoms with Crippen molar-refractivity contribution in [2.45, 2.75) is 19.8 Å². The summed E-state index contributed by atoms with van der Waals surface area (Å²) in [7, 11) is 0. The quantitative estimate of drug-likeness (QED) is 0.660. The molecule has 0 atom stereocenters. The first kappa shape index (κ1) is 21.1. The van der Waals surface area contributed by atoms with Crippen molar-refractivity contribution in [3.05, 3.63) is 81.4 Å². The predicted octanol–water partition coefficient (Wildman–Crippen LogP) is 4.19. The van der Waals surface area contributed by atoms with Crippen LogP contribution in [0.3, 0.4) is 0 Å². The van der Waals surface area contributed by atoms with Gasteiger partial charge in [0, 0.05) is 35.8 Å². The third-order valence-electron chi connectivity index (χ3n) is 5.49. The standard InChI is InChI=1S/C23H22ClFN4O2/c1-15-5-6-17(24)13-20(15)26-23(31)16-9-11-28(12-10-16)21-7-8-22(30)29(27-21)19-4-2-3-18(25)14-19/h2-8,13-14,16H,9-12H2,1H3,(H,26,31). The first-order chi connectivity index (χ1) is 14.9. The number of piperidine rings is 1. The second-order valence-electron chi connectivity index (χ2n) is 7.63. The molecule has 0 spiro atoms. The van der Waals surface area contributed by atoms with Crippen molar-refractivity contribution in [3.8, 4) is 5.69 Å². The Morgan fingerprint density at radius 2 is 1.90 bits per heavy atom. The number of benzene rings is 2. The summed E-state index contributed by atoms with van der Waals surface area (Å²) < 4.78 is 14.8. The molecular weight excluding hydrogens is 419 g/mol. The van der Waals surface area contributed by atoms with E-state index >= 15 is 0 Å². The number of nitrogens with zero attached hydrogens (tertiary/aromatic N) is 3. The number of halogens is 2. The van der Waals surface area contributed by atoms with E-state index in [0.29, 0.717) is 42.5 Å². The van der Waals surface area contributed by atoms with E-state index in [2.05, 4.69) is 10.4 Å². The molecule has 31 heavy (non-hydrogen) atoms. The lowest BCUT2D eigenvalue weighted by atomic mass is 9.95. The van der Waals surface area contributed by atoms with Crippen molar-refractivity contribution in [3.63, 3.8) is 0 Å². The Hall–Kier alpha value is -3.19. The lowest BCUT2D eigenvalue weighted by Gasteiger charge is -2.32. The maximum Gasteiger partial charge on any atom is 0.271 e. The Balaban J connectivity index is 1.44. The summed E-state index contributed by atoms with van der Waals surface area (Å²) in [4.78, 5) is 27.0. The number of anilines is 2. The lowest BCUT2D eigenvalue weighted by molar-refractivity contribution is -0.120. The highest BCUT2D eigenvalue weighted by molar-refractivity contribution is 6.31. The molecule has 1 aromatic heterocycles. The molecule has 160 valence electrons. The molecule has 1 N–H and O–H groups in total. The number of carbonyl (C=O) groups excluding carboxylic acids is 1. The lowest BCUT2D eigenvalue weighted by Crippen LogP contribution is -2.39. The minimum Gasteiger partial charge on any atom is -0.355 e. The van der Waals surface area contributed by atoms with E-state index in [-0.39, 0.29) is 17.4 Å². The molecule has 2 heterocycles. The van der Waals surface area contributed by atoms with Crippen LogP contribution in [0.2, 0.25) is 5.02 Å². The number of hydrogen-bond donors (Lipinski definition) is 1. The summed E-state index contributed by atoms with van der Waals surface area (Å²) in [5.41, 5.74) is 1.72. The van der Waals surface area contributed by atoms with Crippen LogP contribution in [0.1, 0.15) is 18.4 Å². The van der Waals surface area contributed by atoms with Gasteiger partial charge in [0.25, 0.3) is 5.56 Å². The first-order valence-electron chi connectivity index (χ1n) is 10.1. The molecule has 1 fully saturated rings. The van der Waals surface area contributed by atoms with E-state index in [1.807, 2.05) is 17.9 Å². The smallest absolute Gasteiger partial charge is 0.271 e. The summed E-state index contributed by atoms with van der Waals surface area (Å²) in [5.74, 6) is 0.0400. The third kappa shape index (κ3) is 4.77. The highest BCUT2D eigenvalue weighted by Crippen LogP contribution is 2.25. The van der Waals surface area contributed by atoms with Gasteiger partial charge in [-0.25, -0.2) is 4.39 Å². The maximum absolute atomic E-state index is 13.6. The number of hydrogen-bond acceptors (Lipinski definition) is 4. The molecule has 0 radical (unpaired) electrons. The number of carbonyl (C=O) groups is 1. The first-order valence-corrected chi connectivity index (χ1v) is 10.5. The van der Waals surface area contributed by atoms with E-state index in [4.69, 9.17) is 11.6 Å². The molecule has 1 aliphatic rings. The van der Waals surface area contributed by atoms with Crippen LogP contribution in [0.25, 0.3) is 5.69 Å². The molecule has 0 aliphatic carbocycles. The summed E-state index contributed by atoms with van der Waals surface area (Å²) in [6.45, 7) is 3.18. The SMILES string of the molecule is Cc1ccc(Cl)cc1NC(=O)C1CCN(c2ccc(=O)n(-c3cccc(F)c3)n2)CC1. The fourth-order valence-corrected chi connectivity index (χ4v) is 3.87. The van der Waals surface area contributed by atoms with Crippen LogP contribution in [0.4, 0.5) is 15.9 Å². The number of rotatable bonds is 4. The van der Waals surface area contributed by atoms with Crippen molar-refractivity contribution < 1.29 is 9.18 Å². The van der Waals surface area contributed by atoms with Gasteiger partial charge in [-0.15, -0.1) is 5.10 Å². The highest BCUT2D eigenvalue weighted by atomic mass is 35.5. The Morgan fingerprint density at radius 3 is 2.65 bits per heavy atom. The van der Waals surface area contributed by atoms with Gasteiger partial charge >= 0.3 is 0 Å². The van der Waals surface area contributed by atoms with Gasteiger partial charge in [0.05, 0.1) is 5.69 Å². The van der Waals surface area contributed by atoms with E-state index in [9.17, 15) is 14.0 Å². The van der Waals surface area contributed by atoms with Gasteiger partial charge in [-0.3, -0.25) is 9.59 Å². The fraction of sp³-hybridized carbons (Fsp3) is 0.261. The van der Waals surface area contributed by atoms with Gasteiger partial charge in [-0.1, -0.05) is 23.7 Å². The molecule has 0 bridgehead atoms. The Morgan fingerprint density at radius 1 is 1.13 bits per heavy atom. The predicted molar refractivity (Wildman–Crippen MR) is 120 cm³/mol. The van der Waals surface area contributed by atoms with Crippen molar-refractivity contribution in [2.75, 3.05) is 23.3 Å². The molecule has 8 heteroatoms. The Kier molecular flexibility index (Phi) is 6.04. The van der Waals surface area contributed by atoms with Crippen molar-refractivity contribution >= 4 is 29.0 Å². The third-order valence-corrected chi connectivity index (χ3v) is 5.72. The summed E-state index contributed by atoms with van der Waals surface area (Å²) in [5, 5.41) is 7.97. The second kappa shape index (κ2) is 8.89. The number of nitrogens with one attached hydrogen (secondary N) is 1. The average molecular weight is 441 g/mol. The number of aromatic nitrogens is 2. The molecule has 0 unspecified atom stereocenters.